The zero-order chi connectivity index (χ0) is 16.3. The molecule has 3 rings (SSSR count). The summed E-state index contributed by atoms with van der Waals surface area (Å²) in [5.41, 5.74) is 0.659. The molecule has 6 nitrogen and oxygen atoms in total. The number of hydrogen-bond acceptors (Lipinski definition) is 7. The summed E-state index contributed by atoms with van der Waals surface area (Å²) in [4.78, 5) is 16.4. The Morgan fingerprint density at radius 1 is 1.13 bits per heavy atom. The third kappa shape index (κ3) is 3.81. The molecule has 2 aromatic heterocycles. The summed E-state index contributed by atoms with van der Waals surface area (Å²) >= 11 is 2.14. The van der Waals surface area contributed by atoms with E-state index >= 15 is 0 Å². The van der Waals surface area contributed by atoms with Crippen LogP contribution in [0.15, 0.2) is 53.0 Å². The van der Waals surface area contributed by atoms with Crippen LogP contribution in [-0.4, -0.2) is 23.7 Å². The van der Waals surface area contributed by atoms with E-state index in [2.05, 4.69) is 14.7 Å². The molecule has 0 saturated heterocycles. The Morgan fingerprint density at radius 2 is 1.91 bits per heavy atom. The lowest BCUT2D eigenvalue weighted by molar-refractivity contribution is 0.103. The maximum absolute atomic E-state index is 12.3. The second-order valence-corrected chi connectivity index (χ2v) is 8.14. The van der Waals surface area contributed by atoms with Crippen molar-refractivity contribution in [3.05, 3.63) is 58.3 Å². The first kappa shape index (κ1) is 15.8. The van der Waals surface area contributed by atoms with Gasteiger partial charge in [-0.2, -0.15) is 9.36 Å². The van der Waals surface area contributed by atoms with E-state index in [-0.39, 0.29) is 21.9 Å². The quantitative estimate of drug-likeness (QED) is 0.751. The minimum absolute atomic E-state index is 0.162. The highest BCUT2D eigenvalue weighted by atomic mass is 32.2. The number of hydrogen-bond donors (Lipinski definition) is 1. The number of aromatic nitrogens is 2. The molecular weight excluding hydrogens is 354 g/mol. The minimum atomic E-state index is -3.64. The van der Waals surface area contributed by atoms with Gasteiger partial charge in [-0.1, -0.05) is 36.4 Å². The van der Waals surface area contributed by atoms with E-state index in [1.54, 1.807) is 41.8 Å². The first-order chi connectivity index (χ1) is 11.0. The van der Waals surface area contributed by atoms with Crippen LogP contribution in [0.3, 0.4) is 0 Å². The number of anilines is 1. The number of nitrogens with zero attached hydrogens (tertiary/aromatic N) is 2. The fourth-order valence-electron chi connectivity index (χ4n) is 1.81. The van der Waals surface area contributed by atoms with Crippen LogP contribution in [0, 0.1) is 0 Å². The molecule has 0 saturated carbocycles. The molecule has 0 unspecified atom stereocenters. The van der Waals surface area contributed by atoms with Crippen molar-refractivity contribution in [1.82, 2.24) is 9.36 Å². The van der Waals surface area contributed by atoms with Gasteiger partial charge in [-0.15, -0.1) is 11.3 Å². The van der Waals surface area contributed by atoms with E-state index in [4.69, 9.17) is 0 Å². The number of sulfone groups is 1. The fourth-order valence-corrected chi connectivity index (χ4v) is 4.52. The molecule has 0 aliphatic carbocycles. The van der Waals surface area contributed by atoms with Gasteiger partial charge in [-0.3, -0.25) is 10.1 Å². The molecule has 0 aliphatic rings. The molecule has 0 bridgehead atoms. The van der Waals surface area contributed by atoms with Crippen LogP contribution in [0.2, 0.25) is 0 Å². The number of nitrogens with one attached hydrogen (secondary N) is 1. The molecule has 1 aromatic carbocycles. The summed E-state index contributed by atoms with van der Waals surface area (Å²) < 4.78 is 28.5. The molecule has 0 spiro atoms. The van der Waals surface area contributed by atoms with Crippen LogP contribution in [0.5, 0.6) is 0 Å². The first-order valence-electron chi connectivity index (χ1n) is 6.50. The van der Waals surface area contributed by atoms with E-state index < -0.39 is 9.84 Å². The molecule has 3 aromatic rings. The molecular formula is C14H11N3O3S3. The first-order valence-corrected chi connectivity index (χ1v) is 9.80. The van der Waals surface area contributed by atoms with Gasteiger partial charge in [0.05, 0.1) is 10.6 Å². The zero-order valence-corrected chi connectivity index (χ0v) is 14.1. The average Bonchev–Trinajstić information content (AvgIpc) is 3.19. The van der Waals surface area contributed by atoms with Crippen LogP contribution >= 0.6 is 22.9 Å². The summed E-state index contributed by atoms with van der Waals surface area (Å²) in [6, 6.07) is 12.2. The Kier molecular flexibility index (Phi) is 4.51. The van der Waals surface area contributed by atoms with Crippen LogP contribution in [-0.2, 0) is 15.6 Å². The van der Waals surface area contributed by atoms with Gasteiger partial charge in [0.1, 0.15) is 0 Å². The maximum atomic E-state index is 12.3. The fraction of sp³-hybridized carbons (Fsp3) is 0.0714. The van der Waals surface area contributed by atoms with Crippen molar-refractivity contribution >= 4 is 43.7 Å². The third-order valence-corrected chi connectivity index (χ3v) is 5.92. The van der Waals surface area contributed by atoms with E-state index in [9.17, 15) is 13.2 Å². The average molecular weight is 365 g/mol. The molecule has 23 heavy (non-hydrogen) atoms. The Hall–Kier alpha value is -2.10. The second kappa shape index (κ2) is 6.57. The second-order valence-electron chi connectivity index (χ2n) is 4.56. The molecule has 118 valence electrons. The van der Waals surface area contributed by atoms with Crippen molar-refractivity contribution in [3.8, 4) is 0 Å². The number of amides is 1. The van der Waals surface area contributed by atoms with Gasteiger partial charge < -0.3 is 0 Å². The van der Waals surface area contributed by atoms with E-state index in [0.717, 1.165) is 11.5 Å². The number of thiophene rings is 1. The summed E-state index contributed by atoms with van der Waals surface area (Å²) in [6.45, 7) is 0. The third-order valence-electron chi connectivity index (χ3n) is 2.85. The topological polar surface area (TPSA) is 89.0 Å². The number of carbonyl (C=O) groups excluding carboxylic acids is 1. The molecule has 2 heterocycles. The number of rotatable bonds is 5. The van der Waals surface area contributed by atoms with Crippen molar-refractivity contribution < 1.29 is 13.2 Å². The summed E-state index contributed by atoms with van der Waals surface area (Å²) in [5, 5.41) is 4.23. The molecule has 1 amide bonds. The summed E-state index contributed by atoms with van der Waals surface area (Å²) in [7, 11) is -3.64. The lowest BCUT2D eigenvalue weighted by Gasteiger charge is -2.00. The highest BCUT2D eigenvalue weighted by Gasteiger charge is 2.22. The van der Waals surface area contributed by atoms with Crippen LogP contribution in [0.25, 0.3) is 0 Å². The highest BCUT2D eigenvalue weighted by molar-refractivity contribution is 7.90. The molecule has 1 N–H and O–H groups in total. The molecule has 0 fully saturated rings. The highest BCUT2D eigenvalue weighted by Crippen LogP contribution is 2.20. The Bertz CT molecular complexity index is 903. The lowest BCUT2D eigenvalue weighted by Crippen LogP contribution is -2.11. The van der Waals surface area contributed by atoms with Crippen molar-refractivity contribution in [1.29, 1.82) is 0 Å². The lowest BCUT2D eigenvalue weighted by atomic mass is 10.2. The van der Waals surface area contributed by atoms with Crippen molar-refractivity contribution in [2.45, 2.75) is 10.9 Å². The van der Waals surface area contributed by atoms with Gasteiger partial charge in [0.15, 0.2) is 0 Å². The van der Waals surface area contributed by atoms with Crippen LogP contribution < -0.4 is 5.32 Å². The van der Waals surface area contributed by atoms with Gasteiger partial charge in [0, 0.05) is 11.5 Å². The van der Waals surface area contributed by atoms with Gasteiger partial charge in [0.25, 0.3) is 11.1 Å². The van der Waals surface area contributed by atoms with Gasteiger partial charge >= 0.3 is 0 Å². The van der Waals surface area contributed by atoms with Gasteiger partial charge in [-0.25, -0.2) is 8.42 Å². The van der Waals surface area contributed by atoms with Crippen LogP contribution in [0.4, 0.5) is 5.13 Å². The van der Waals surface area contributed by atoms with Crippen LogP contribution in [0.1, 0.15) is 15.2 Å². The minimum Gasteiger partial charge on any atom is -0.296 e. The zero-order valence-electron chi connectivity index (χ0n) is 11.7. The Balaban J connectivity index is 1.74. The standard InChI is InChI=1S/C14H11N3O3S3/c18-12(11-7-4-8-21-11)15-13-16-14(17-22-13)23(19,20)9-10-5-2-1-3-6-10/h1-8H,9H2,(H,15,16,17,18). The SMILES string of the molecule is O=C(Nc1nc(S(=O)(=O)Cc2ccccc2)ns1)c1cccs1. The largest absolute Gasteiger partial charge is 0.296 e. The van der Waals surface area contributed by atoms with Crippen molar-refractivity contribution in [3.63, 3.8) is 0 Å². The predicted octanol–water partition coefficient (Wildman–Crippen LogP) is 2.83. The normalized spacial score (nSPS) is 11.3. The smallest absolute Gasteiger partial charge is 0.267 e. The summed E-state index contributed by atoms with van der Waals surface area (Å²) in [6.07, 6.45) is 0. The summed E-state index contributed by atoms with van der Waals surface area (Å²) in [5.74, 6) is -0.508. The molecule has 0 atom stereocenters. The number of carbonyl (C=O) groups is 1. The monoisotopic (exact) mass is 365 g/mol. The van der Waals surface area contributed by atoms with Gasteiger partial charge in [-0.05, 0) is 17.0 Å². The van der Waals surface area contributed by atoms with Crippen molar-refractivity contribution in [2.24, 2.45) is 0 Å². The maximum Gasteiger partial charge on any atom is 0.267 e. The van der Waals surface area contributed by atoms with E-state index in [1.807, 2.05) is 6.07 Å². The molecule has 0 aliphatic heterocycles. The predicted molar refractivity (Wildman–Crippen MR) is 89.5 cm³/mol. The van der Waals surface area contributed by atoms with E-state index in [0.29, 0.717) is 10.4 Å². The molecule has 0 radical (unpaired) electrons. The van der Waals surface area contributed by atoms with Crippen molar-refractivity contribution in [2.75, 3.05) is 5.32 Å². The number of benzene rings is 1. The Morgan fingerprint density at radius 3 is 2.61 bits per heavy atom. The van der Waals surface area contributed by atoms with E-state index in [1.165, 1.54) is 11.3 Å². The Labute approximate surface area is 140 Å². The van der Waals surface area contributed by atoms with Gasteiger partial charge in [0.2, 0.25) is 15.0 Å². The molecule has 9 heteroatoms.